The van der Waals surface area contributed by atoms with Gasteiger partial charge in [-0.3, -0.25) is 29.5 Å². The molecule has 0 spiro atoms. The standard InChI is InChI=1S/C12H16N2O2.C7H6N2O3/c1-3-10-5-4-6-11(13-10)7-14(2)8-12(16)9-15;10-4-5-2-1-3-6(8-5)7(11)9-12/h3-6,15H,1,7-9H2,2H3;1-4,12H,(H,9,11). The molecule has 0 aliphatic rings. The summed E-state index contributed by atoms with van der Waals surface area (Å²) in [5.74, 6) is -0.930. The maximum atomic E-state index is 11.0. The monoisotopic (exact) mass is 386 g/mol. The molecule has 0 aliphatic carbocycles. The van der Waals surface area contributed by atoms with E-state index in [0.717, 1.165) is 11.4 Å². The van der Waals surface area contributed by atoms with Gasteiger partial charge < -0.3 is 5.11 Å². The molecule has 2 aromatic heterocycles. The summed E-state index contributed by atoms with van der Waals surface area (Å²) in [6.07, 6.45) is 2.20. The van der Waals surface area contributed by atoms with Gasteiger partial charge in [-0.15, -0.1) is 0 Å². The first-order valence-corrected chi connectivity index (χ1v) is 8.19. The van der Waals surface area contributed by atoms with Crippen molar-refractivity contribution in [2.24, 2.45) is 0 Å². The molecule has 2 heterocycles. The molecule has 0 fully saturated rings. The maximum absolute atomic E-state index is 11.0. The van der Waals surface area contributed by atoms with Crippen LogP contribution in [0.4, 0.5) is 0 Å². The van der Waals surface area contributed by atoms with Gasteiger partial charge in [0, 0.05) is 6.54 Å². The lowest BCUT2D eigenvalue weighted by Crippen LogP contribution is -2.27. The lowest BCUT2D eigenvalue weighted by atomic mass is 10.3. The fraction of sp³-hybridized carbons (Fsp3) is 0.211. The molecule has 9 heteroatoms. The van der Waals surface area contributed by atoms with Gasteiger partial charge in [-0.25, -0.2) is 10.5 Å². The summed E-state index contributed by atoms with van der Waals surface area (Å²) in [5, 5.41) is 16.9. The van der Waals surface area contributed by atoms with Crippen LogP contribution in [0.15, 0.2) is 43.0 Å². The Morgan fingerprint density at radius 3 is 2.46 bits per heavy atom. The average Bonchev–Trinajstić information content (AvgIpc) is 2.73. The average molecular weight is 386 g/mol. The van der Waals surface area contributed by atoms with E-state index >= 15 is 0 Å². The van der Waals surface area contributed by atoms with Crippen molar-refractivity contribution < 1.29 is 24.7 Å². The van der Waals surface area contributed by atoms with E-state index in [9.17, 15) is 14.4 Å². The minimum absolute atomic E-state index is 0.00194. The molecule has 0 aliphatic heterocycles. The van der Waals surface area contributed by atoms with Crippen LogP contribution < -0.4 is 5.48 Å². The second-order valence-electron chi connectivity index (χ2n) is 5.63. The number of aromatic nitrogens is 2. The van der Waals surface area contributed by atoms with Crippen LogP contribution in [0.2, 0.25) is 0 Å². The number of pyridine rings is 2. The van der Waals surface area contributed by atoms with Crippen LogP contribution in [-0.2, 0) is 11.3 Å². The highest BCUT2D eigenvalue weighted by atomic mass is 16.5. The van der Waals surface area contributed by atoms with E-state index in [1.54, 1.807) is 6.08 Å². The highest BCUT2D eigenvalue weighted by molar-refractivity contribution is 5.92. The minimum atomic E-state index is -0.737. The van der Waals surface area contributed by atoms with Gasteiger partial charge in [0.05, 0.1) is 17.9 Å². The van der Waals surface area contributed by atoms with Gasteiger partial charge in [0.2, 0.25) is 0 Å². The lowest BCUT2D eigenvalue weighted by molar-refractivity contribution is -0.122. The Hall–Kier alpha value is -3.27. The number of Topliss-reactive ketones (excluding diaryl/α,β-unsaturated/α-hetero) is 1. The largest absolute Gasteiger partial charge is 0.389 e. The van der Waals surface area contributed by atoms with Crippen molar-refractivity contribution in [3.8, 4) is 0 Å². The first-order chi connectivity index (χ1) is 13.4. The number of rotatable bonds is 8. The predicted molar refractivity (Wildman–Crippen MR) is 102 cm³/mol. The Morgan fingerprint density at radius 2 is 1.86 bits per heavy atom. The number of aldehydes is 1. The van der Waals surface area contributed by atoms with Crippen LogP contribution in [0, 0.1) is 0 Å². The number of hydrogen-bond donors (Lipinski definition) is 3. The first-order valence-electron chi connectivity index (χ1n) is 8.19. The number of hydroxylamine groups is 1. The summed E-state index contributed by atoms with van der Waals surface area (Å²) in [4.78, 5) is 41.7. The fourth-order valence-electron chi connectivity index (χ4n) is 2.08. The van der Waals surface area contributed by atoms with E-state index in [1.807, 2.05) is 30.1 Å². The number of nitrogens with zero attached hydrogens (tertiary/aromatic N) is 3. The number of amides is 1. The number of carbonyl (C=O) groups excluding carboxylic acids is 3. The molecular weight excluding hydrogens is 364 g/mol. The second kappa shape index (κ2) is 12.2. The van der Waals surface area contributed by atoms with Crippen LogP contribution in [0.25, 0.3) is 6.08 Å². The van der Waals surface area contributed by atoms with Crippen LogP contribution >= 0.6 is 0 Å². The van der Waals surface area contributed by atoms with Gasteiger partial charge in [-0.2, -0.15) is 0 Å². The maximum Gasteiger partial charge on any atom is 0.293 e. The quantitative estimate of drug-likeness (QED) is 0.344. The molecule has 0 radical (unpaired) electrons. The Morgan fingerprint density at radius 1 is 1.18 bits per heavy atom. The van der Waals surface area contributed by atoms with Crippen molar-refractivity contribution in [3.63, 3.8) is 0 Å². The Balaban J connectivity index is 0.000000292. The number of carbonyl (C=O) groups is 3. The number of hydrogen-bond acceptors (Lipinski definition) is 8. The SMILES string of the molecule is C=Cc1cccc(CN(C)CC(=O)CO)n1.O=Cc1cccc(C(=O)NO)n1. The molecule has 0 saturated heterocycles. The van der Waals surface area contributed by atoms with E-state index in [1.165, 1.54) is 23.7 Å². The summed E-state index contributed by atoms with van der Waals surface area (Å²) >= 11 is 0. The molecule has 0 aromatic carbocycles. The number of nitrogens with one attached hydrogen (secondary N) is 1. The van der Waals surface area contributed by atoms with Gasteiger partial charge in [-0.1, -0.05) is 18.7 Å². The molecule has 1 amide bonds. The van der Waals surface area contributed by atoms with Crippen LogP contribution in [0.1, 0.15) is 32.4 Å². The Labute approximate surface area is 162 Å². The van der Waals surface area contributed by atoms with E-state index in [-0.39, 0.29) is 23.7 Å². The lowest BCUT2D eigenvalue weighted by Gasteiger charge is -2.14. The van der Waals surface area contributed by atoms with Crippen LogP contribution in [0.3, 0.4) is 0 Å². The smallest absolute Gasteiger partial charge is 0.293 e. The molecule has 2 aromatic rings. The zero-order valence-corrected chi connectivity index (χ0v) is 15.4. The number of aliphatic hydroxyl groups is 1. The second-order valence-corrected chi connectivity index (χ2v) is 5.63. The number of ketones is 1. The van der Waals surface area contributed by atoms with E-state index in [2.05, 4.69) is 16.5 Å². The van der Waals surface area contributed by atoms with Gasteiger partial charge in [0.15, 0.2) is 12.1 Å². The van der Waals surface area contributed by atoms with Crippen molar-refractivity contribution in [3.05, 3.63) is 65.8 Å². The van der Waals surface area contributed by atoms with Crippen LogP contribution in [-0.4, -0.2) is 63.4 Å². The topological polar surface area (TPSA) is 133 Å². The predicted octanol–water partition coefficient (Wildman–Crippen LogP) is 0.731. The molecule has 28 heavy (non-hydrogen) atoms. The van der Waals surface area contributed by atoms with E-state index in [4.69, 9.17) is 10.3 Å². The molecule has 0 unspecified atom stereocenters. The van der Waals surface area contributed by atoms with Gasteiger partial charge in [0.25, 0.3) is 5.91 Å². The first kappa shape index (κ1) is 22.8. The number of aliphatic hydroxyl groups excluding tert-OH is 1. The summed E-state index contributed by atoms with van der Waals surface area (Å²) in [6, 6.07) is 10.0. The normalized spacial score (nSPS) is 9.86. The molecule has 2 rings (SSSR count). The van der Waals surface area contributed by atoms with Crippen molar-refractivity contribution >= 4 is 24.1 Å². The zero-order valence-electron chi connectivity index (χ0n) is 15.4. The van der Waals surface area contributed by atoms with Crippen molar-refractivity contribution in [2.75, 3.05) is 20.2 Å². The summed E-state index contributed by atoms with van der Waals surface area (Å²) < 4.78 is 0. The molecule has 148 valence electrons. The Bertz CT molecular complexity index is 825. The van der Waals surface area contributed by atoms with Gasteiger partial charge in [-0.05, 0) is 37.4 Å². The summed E-state index contributed by atoms with van der Waals surface area (Å²) in [6.45, 7) is 4.05. The Kier molecular flexibility index (Phi) is 9.90. The third-order valence-electron chi connectivity index (χ3n) is 3.32. The third-order valence-corrected chi connectivity index (χ3v) is 3.32. The molecule has 9 nitrogen and oxygen atoms in total. The molecule has 0 saturated carbocycles. The fourth-order valence-corrected chi connectivity index (χ4v) is 2.08. The van der Waals surface area contributed by atoms with Crippen LogP contribution in [0.5, 0.6) is 0 Å². The van der Waals surface area contributed by atoms with Gasteiger partial charge >= 0.3 is 0 Å². The zero-order chi connectivity index (χ0) is 20.9. The van der Waals surface area contributed by atoms with E-state index < -0.39 is 12.5 Å². The molecular formula is C19H22N4O5. The van der Waals surface area contributed by atoms with Crippen molar-refractivity contribution in [2.45, 2.75) is 6.54 Å². The molecule has 0 bridgehead atoms. The highest BCUT2D eigenvalue weighted by Gasteiger charge is 2.07. The van der Waals surface area contributed by atoms with Crippen molar-refractivity contribution in [1.82, 2.24) is 20.3 Å². The van der Waals surface area contributed by atoms with Crippen molar-refractivity contribution in [1.29, 1.82) is 0 Å². The van der Waals surface area contributed by atoms with E-state index in [0.29, 0.717) is 12.8 Å². The molecule has 0 atom stereocenters. The third kappa shape index (κ3) is 7.96. The molecule has 3 N–H and O–H groups in total. The van der Waals surface area contributed by atoms with Gasteiger partial charge in [0.1, 0.15) is 18.0 Å². The minimum Gasteiger partial charge on any atom is -0.389 e. The highest BCUT2D eigenvalue weighted by Crippen LogP contribution is 2.03. The number of likely N-dealkylation sites (N-methyl/N-ethyl adjacent to an activating group) is 1. The summed E-state index contributed by atoms with van der Waals surface area (Å²) in [7, 11) is 1.82. The summed E-state index contributed by atoms with van der Waals surface area (Å²) in [5.41, 5.74) is 3.27.